The highest BCUT2D eigenvalue weighted by molar-refractivity contribution is 6.29. The van der Waals surface area contributed by atoms with Crippen molar-refractivity contribution in [2.75, 3.05) is 11.9 Å². The van der Waals surface area contributed by atoms with Gasteiger partial charge in [0.25, 0.3) is 0 Å². The van der Waals surface area contributed by atoms with E-state index in [0.29, 0.717) is 5.15 Å². The fraction of sp³-hybridized carbons (Fsp3) is 0.545. The molecule has 17 heavy (non-hydrogen) atoms. The first kappa shape index (κ1) is 12.3. The summed E-state index contributed by atoms with van der Waals surface area (Å²) in [6.45, 7) is 2.76. The maximum absolute atomic E-state index is 12.1. The summed E-state index contributed by atoms with van der Waals surface area (Å²) in [4.78, 5) is 20.0. The fourth-order valence-electron chi connectivity index (χ4n) is 1.89. The number of hydrogen-bond donors (Lipinski definition) is 2. The zero-order chi connectivity index (χ0) is 12.3. The summed E-state index contributed by atoms with van der Waals surface area (Å²) in [5, 5.41) is 6.23. The van der Waals surface area contributed by atoms with E-state index < -0.39 is 5.54 Å². The van der Waals surface area contributed by atoms with Crippen LogP contribution in [-0.4, -0.2) is 28.0 Å². The number of aromatic nitrogens is 2. The Hall–Kier alpha value is -1.20. The quantitative estimate of drug-likeness (QED) is 0.787. The molecule has 2 heterocycles. The molecule has 2 N–H and O–H groups in total. The summed E-state index contributed by atoms with van der Waals surface area (Å²) < 4.78 is 0. The van der Waals surface area contributed by atoms with Crippen LogP contribution in [0.2, 0.25) is 5.15 Å². The number of halogens is 1. The molecule has 1 saturated heterocycles. The van der Waals surface area contributed by atoms with Gasteiger partial charge in [-0.3, -0.25) is 10.1 Å². The number of piperidine rings is 1. The predicted molar refractivity (Wildman–Crippen MR) is 65.9 cm³/mol. The van der Waals surface area contributed by atoms with Gasteiger partial charge in [-0.1, -0.05) is 11.6 Å². The minimum atomic E-state index is -0.538. The molecule has 92 valence electrons. The van der Waals surface area contributed by atoms with E-state index in [0.717, 1.165) is 25.8 Å². The average molecular weight is 255 g/mol. The van der Waals surface area contributed by atoms with Crippen molar-refractivity contribution in [3.8, 4) is 0 Å². The normalized spacial score (nSPS) is 24.4. The van der Waals surface area contributed by atoms with E-state index >= 15 is 0 Å². The molecule has 2 rings (SSSR count). The average Bonchev–Trinajstić information content (AvgIpc) is 2.30. The number of amides is 1. The Balaban J connectivity index is 2.05. The summed E-state index contributed by atoms with van der Waals surface area (Å²) in [7, 11) is 0. The van der Waals surface area contributed by atoms with Crippen molar-refractivity contribution in [3.63, 3.8) is 0 Å². The Bertz CT molecular complexity index is 418. The predicted octanol–water partition coefficient (Wildman–Crippen LogP) is 1.60. The second kappa shape index (κ2) is 4.98. The lowest BCUT2D eigenvalue weighted by Gasteiger charge is -2.33. The van der Waals surface area contributed by atoms with Crippen LogP contribution in [0, 0.1) is 0 Å². The van der Waals surface area contributed by atoms with Gasteiger partial charge in [-0.15, -0.1) is 0 Å². The molecular formula is C11H15ClN4O. The van der Waals surface area contributed by atoms with Crippen LogP contribution < -0.4 is 10.6 Å². The molecule has 1 aliphatic rings. The van der Waals surface area contributed by atoms with Crippen LogP contribution in [0.15, 0.2) is 12.3 Å². The van der Waals surface area contributed by atoms with Gasteiger partial charge >= 0.3 is 0 Å². The standard InChI is InChI=1S/C11H15ClN4O/c1-11(5-2-3-6-14-11)9(17)16-10-13-7-4-8(12)15-10/h4,7,14H,2-3,5-6H2,1H3,(H,13,15,16,17). The van der Waals surface area contributed by atoms with Crippen LogP contribution in [0.4, 0.5) is 5.95 Å². The van der Waals surface area contributed by atoms with Crippen molar-refractivity contribution in [1.29, 1.82) is 0 Å². The molecule has 6 heteroatoms. The van der Waals surface area contributed by atoms with Crippen molar-refractivity contribution < 1.29 is 4.79 Å². The SMILES string of the molecule is CC1(C(=O)Nc2nccc(Cl)n2)CCCCN1. The van der Waals surface area contributed by atoms with Gasteiger partial charge in [0.2, 0.25) is 11.9 Å². The van der Waals surface area contributed by atoms with Gasteiger partial charge in [0, 0.05) is 6.20 Å². The highest BCUT2D eigenvalue weighted by Gasteiger charge is 2.34. The molecule has 1 aromatic heterocycles. The molecule has 0 spiro atoms. The van der Waals surface area contributed by atoms with Gasteiger partial charge in [0.15, 0.2) is 0 Å². The van der Waals surface area contributed by atoms with Gasteiger partial charge in [-0.2, -0.15) is 0 Å². The lowest BCUT2D eigenvalue weighted by Crippen LogP contribution is -2.54. The molecule has 1 atom stereocenters. The van der Waals surface area contributed by atoms with E-state index in [-0.39, 0.29) is 11.9 Å². The van der Waals surface area contributed by atoms with Crippen LogP contribution in [0.1, 0.15) is 26.2 Å². The minimum Gasteiger partial charge on any atom is -0.304 e. The Kier molecular flexibility index (Phi) is 3.59. The van der Waals surface area contributed by atoms with E-state index in [1.54, 1.807) is 6.07 Å². The number of hydrogen-bond acceptors (Lipinski definition) is 4. The van der Waals surface area contributed by atoms with Crippen molar-refractivity contribution >= 4 is 23.5 Å². The molecule has 0 bridgehead atoms. The maximum Gasteiger partial charge on any atom is 0.246 e. The smallest absolute Gasteiger partial charge is 0.246 e. The van der Waals surface area contributed by atoms with Gasteiger partial charge in [0.1, 0.15) is 5.15 Å². The molecule has 1 aromatic rings. The minimum absolute atomic E-state index is 0.112. The molecule has 1 amide bonds. The first-order valence-corrected chi connectivity index (χ1v) is 6.03. The van der Waals surface area contributed by atoms with Crippen molar-refractivity contribution in [2.45, 2.75) is 31.7 Å². The fourth-order valence-corrected chi connectivity index (χ4v) is 2.02. The molecule has 0 aliphatic carbocycles. The number of anilines is 1. The number of carbonyl (C=O) groups excluding carboxylic acids is 1. The highest BCUT2D eigenvalue weighted by Crippen LogP contribution is 2.20. The Morgan fingerprint density at radius 2 is 2.41 bits per heavy atom. The third kappa shape index (κ3) is 2.92. The van der Waals surface area contributed by atoms with Crippen molar-refractivity contribution in [2.24, 2.45) is 0 Å². The summed E-state index contributed by atoms with van der Waals surface area (Å²) in [5.74, 6) is 0.135. The first-order chi connectivity index (χ1) is 8.10. The zero-order valence-corrected chi connectivity index (χ0v) is 10.4. The summed E-state index contributed by atoms with van der Waals surface area (Å²) in [6, 6.07) is 1.57. The number of nitrogens with one attached hydrogen (secondary N) is 2. The topological polar surface area (TPSA) is 66.9 Å². The second-order valence-corrected chi connectivity index (χ2v) is 4.76. The maximum atomic E-state index is 12.1. The van der Waals surface area contributed by atoms with Crippen LogP contribution in [0.25, 0.3) is 0 Å². The molecule has 1 unspecified atom stereocenters. The van der Waals surface area contributed by atoms with Crippen LogP contribution in [-0.2, 0) is 4.79 Å². The lowest BCUT2D eigenvalue weighted by molar-refractivity contribution is -0.122. The largest absolute Gasteiger partial charge is 0.304 e. The van der Waals surface area contributed by atoms with Gasteiger partial charge < -0.3 is 5.32 Å². The van der Waals surface area contributed by atoms with Gasteiger partial charge in [0.05, 0.1) is 5.54 Å². The van der Waals surface area contributed by atoms with Crippen molar-refractivity contribution in [3.05, 3.63) is 17.4 Å². The molecular weight excluding hydrogens is 240 g/mol. The second-order valence-electron chi connectivity index (χ2n) is 4.37. The zero-order valence-electron chi connectivity index (χ0n) is 9.66. The third-order valence-electron chi connectivity index (χ3n) is 2.97. The molecule has 0 saturated carbocycles. The van der Waals surface area contributed by atoms with E-state index in [1.807, 2.05) is 6.92 Å². The molecule has 0 radical (unpaired) electrons. The van der Waals surface area contributed by atoms with Crippen LogP contribution in [0.5, 0.6) is 0 Å². The van der Waals surface area contributed by atoms with Gasteiger partial charge in [-0.25, -0.2) is 9.97 Å². The van der Waals surface area contributed by atoms with Crippen LogP contribution in [0.3, 0.4) is 0 Å². The Labute approximate surface area is 105 Å². The highest BCUT2D eigenvalue weighted by atomic mass is 35.5. The van der Waals surface area contributed by atoms with E-state index in [9.17, 15) is 4.79 Å². The number of rotatable bonds is 2. The molecule has 1 fully saturated rings. The third-order valence-corrected chi connectivity index (χ3v) is 3.18. The Morgan fingerprint density at radius 1 is 1.59 bits per heavy atom. The van der Waals surface area contributed by atoms with Crippen LogP contribution >= 0.6 is 11.6 Å². The summed E-state index contributed by atoms with van der Waals surface area (Å²) in [6.07, 6.45) is 4.49. The van der Waals surface area contributed by atoms with Crippen molar-refractivity contribution in [1.82, 2.24) is 15.3 Å². The Morgan fingerprint density at radius 3 is 3.06 bits per heavy atom. The summed E-state index contributed by atoms with van der Waals surface area (Å²) in [5.41, 5.74) is -0.538. The van der Waals surface area contributed by atoms with E-state index in [4.69, 9.17) is 11.6 Å². The monoisotopic (exact) mass is 254 g/mol. The van der Waals surface area contributed by atoms with E-state index in [1.165, 1.54) is 6.20 Å². The molecule has 1 aliphatic heterocycles. The number of nitrogens with zero attached hydrogens (tertiary/aromatic N) is 2. The summed E-state index contributed by atoms with van der Waals surface area (Å²) >= 11 is 5.73. The van der Waals surface area contributed by atoms with Gasteiger partial charge in [-0.05, 0) is 38.8 Å². The number of carbonyl (C=O) groups is 1. The van der Waals surface area contributed by atoms with E-state index in [2.05, 4.69) is 20.6 Å². The first-order valence-electron chi connectivity index (χ1n) is 5.65. The molecule has 5 nitrogen and oxygen atoms in total. The lowest BCUT2D eigenvalue weighted by atomic mass is 9.90. The molecule has 0 aromatic carbocycles.